The smallest absolute Gasteiger partial charge is 0.250 e. The lowest BCUT2D eigenvalue weighted by Gasteiger charge is -2.08. The van der Waals surface area contributed by atoms with Gasteiger partial charge in [0.15, 0.2) is 11.5 Å². The molecule has 0 aliphatic rings. The molecular weight excluding hydrogens is 426 g/mol. The van der Waals surface area contributed by atoms with Crippen LogP contribution >= 0.6 is 11.3 Å². The van der Waals surface area contributed by atoms with Gasteiger partial charge in [0.2, 0.25) is 15.9 Å². The highest BCUT2D eigenvalue weighted by Gasteiger charge is 2.16. The van der Waals surface area contributed by atoms with Crippen LogP contribution in [0.2, 0.25) is 0 Å². The van der Waals surface area contributed by atoms with Crippen LogP contribution in [0.1, 0.15) is 4.88 Å². The quantitative estimate of drug-likeness (QED) is 0.415. The average Bonchev–Trinajstić information content (AvgIpc) is 3.37. The number of thiophene rings is 1. The highest BCUT2D eigenvalue weighted by atomic mass is 32.2. The fraction of sp³-hybridized carbons (Fsp3) is 0.211. The number of hydrogen-bond acceptors (Lipinski definition) is 8. The predicted molar refractivity (Wildman–Crippen MR) is 113 cm³/mol. The van der Waals surface area contributed by atoms with Crippen molar-refractivity contribution in [1.29, 1.82) is 0 Å². The lowest BCUT2D eigenvalue weighted by molar-refractivity contribution is 0.306. The van der Waals surface area contributed by atoms with Gasteiger partial charge in [-0.05, 0) is 37.3 Å². The van der Waals surface area contributed by atoms with Gasteiger partial charge in [0.1, 0.15) is 16.6 Å². The fourth-order valence-corrected chi connectivity index (χ4v) is 5.09. The van der Waals surface area contributed by atoms with Crippen molar-refractivity contribution >= 4 is 27.0 Å². The van der Waals surface area contributed by atoms with Crippen LogP contribution in [0.5, 0.6) is 11.6 Å². The third kappa shape index (κ3) is 4.27. The second kappa shape index (κ2) is 8.38. The lowest BCUT2D eigenvalue weighted by Crippen LogP contribution is -2.27. The fourth-order valence-electron chi connectivity index (χ4n) is 2.75. The maximum absolute atomic E-state index is 12.2. The van der Waals surface area contributed by atoms with Crippen LogP contribution in [-0.2, 0) is 10.0 Å². The van der Waals surface area contributed by atoms with Crippen molar-refractivity contribution in [3.63, 3.8) is 0 Å². The van der Waals surface area contributed by atoms with E-state index in [4.69, 9.17) is 9.47 Å². The summed E-state index contributed by atoms with van der Waals surface area (Å²) in [6.07, 6.45) is 0. The van der Waals surface area contributed by atoms with Crippen molar-refractivity contribution in [2.75, 3.05) is 20.3 Å². The average molecular weight is 446 g/mol. The van der Waals surface area contributed by atoms with Gasteiger partial charge in [0.05, 0.1) is 7.11 Å². The van der Waals surface area contributed by atoms with Crippen molar-refractivity contribution in [3.8, 4) is 23.0 Å². The number of nitrogens with one attached hydrogen (secondary N) is 1. The molecule has 0 bridgehead atoms. The van der Waals surface area contributed by atoms with Crippen LogP contribution in [0.15, 0.2) is 52.7 Å². The molecular formula is C19H19N5O4S2. The molecule has 11 heteroatoms. The molecule has 9 nitrogen and oxygen atoms in total. The molecule has 1 aromatic carbocycles. The van der Waals surface area contributed by atoms with Gasteiger partial charge in [-0.2, -0.15) is 4.52 Å². The first-order chi connectivity index (χ1) is 14.5. The number of aromatic nitrogens is 4. The Hall–Kier alpha value is -3.02. The summed E-state index contributed by atoms with van der Waals surface area (Å²) in [6.45, 7) is 2.10. The minimum Gasteiger partial charge on any atom is -0.497 e. The molecule has 156 valence electrons. The summed E-state index contributed by atoms with van der Waals surface area (Å²) in [7, 11) is -1.94. The van der Waals surface area contributed by atoms with E-state index in [1.165, 1.54) is 11.3 Å². The number of nitrogens with zero attached hydrogens (tertiary/aromatic N) is 4. The van der Waals surface area contributed by atoms with Crippen molar-refractivity contribution < 1.29 is 17.9 Å². The van der Waals surface area contributed by atoms with Crippen LogP contribution < -0.4 is 14.2 Å². The Morgan fingerprint density at radius 3 is 2.77 bits per heavy atom. The number of aryl methyl sites for hydroxylation is 1. The van der Waals surface area contributed by atoms with Gasteiger partial charge in [-0.3, -0.25) is 0 Å². The van der Waals surface area contributed by atoms with Crippen LogP contribution in [0.3, 0.4) is 0 Å². The molecule has 0 atom stereocenters. The molecule has 1 N–H and O–H groups in total. The topological polar surface area (TPSA) is 108 Å². The van der Waals surface area contributed by atoms with E-state index in [0.29, 0.717) is 23.1 Å². The molecule has 0 aliphatic heterocycles. The zero-order valence-electron chi connectivity index (χ0n) is 16.3. The van der Waals surface area contributed by atoms with Crippen LogP contribution in [0, 0.1) is 6.92 Å². The minimum atomic E-state index is -3.54. The van der Waals surface area contributed by atoms with Gasteiger partial charge >= 0.3 is 0 Å². The van der Waals surface area contributed by atoms with Gasteiger partial charge < -0.3 is 9.47 Å². The van der Waals surface area contributed by atoms with Crippen molar-refractivity contribution in [3.05, 3.63) is 53.4 Å². The van der Waals surface area contributed by atoms with E-state index < -0.39 is 10.0 Å². The molecule has 0 unspecified atom stereocenters. The van der Waals surface area contributed by atoms with Gasteiger partial charge in [0, 0.05) is 23.1 Å². The first-order valence-corrected chi connectivity index (χ1v) is 11.3. The zero-order valence-corrected chi connectivity index (χ0v) is 17.9. The molecule has 4 aromatic rings. The summed E-state index contributed by atoms with van der Waals surface area (Å²) in [4.78, 5) is 0.935. The largest absolute Gasteiger partial charge is 0.497 e. The van der Waals surface area contributed by atoms with E-state index in [0.717, 1.165) is 10.4 Å². The maximum atomic E-state index is 12.2. The molecule has 0 radical (unpaired) electrons. The number of hydrogen-bond donors (Lipinski definition) is 1. The van der Waals surface area contributed by atoms with Gasteiger partial charge in [-0.25, -0.2) is 13.1 Å². The third-order valence-electron chi connectivity index (χ3n) is 4.19. The summed E-state index contributed by atoms with van der Waals surface area (Å²) in [5.74, 6) is 1.57. The minimum absolute atomic E-state index is 0.115. The predicted octanol–water partition coefficient (Wildman–Crippen LogP) is 2.53. The molecule has 0 spiro atoms. The molecule has 4 rings (SSSR count). The molecule has 0 aliphatic carbocycles. The highest BCUT2D eigenvalue weighted by molar-refractivity contribution is 7.91. The Kier molecular flexibility index (Phi) is 5.66. The Bertz CT molecular complexity index is 1280. The summed E-state index contributed by atoms with van der Waals surface area (Å²) in [5.41, 5.74) is 1.36. The molecule has 0 fully saturated rings. The first-order valence-electron chi connectivity index (χ1n) is 9.02. The SMILES string of the molecule is COc1cccc(-c2nnc3ccc(OCCNS(=O)(=O)c4ccc(C)s4)nn23)c1. The van der Waals surface area contributed by atoms with Crippen LogP contribution in [0.25, 0.3) is 17.0 Å². The highest BCUT2D eigenvalue weighted by Crippen LogP contribution is 2.23. The molecule has 3 aromatic heterocycles. The van der Waals surface area contributed by atoms with E-state index in [1.54, 1.807) is 35.9 Å². The number of benzene rings is 1. The summed E-state index contributed by atoms with van der Waals surface area (Å²) < 4.78 is 39.8. The summed E-state index contributed by atoms with van der Waals surface area (Å²) in [5, 5.41) is 12.7. The molecule has 0 saturated heterocycles. The Morgan fingerprint density at radius 2 is 2.00 bits per heavy atom. The van der Waals surface area contributed by atoms with Gasteiger partial charge in [-0.15, -0.1) is 26.6 Å². The van der Waals surface area contributed by atoms with Crippen LogP contribution in [-0.4, -0.2) is 48.5 Å². The molecule has 30 heavy (non-hydrogen) atoms. The second-order valence-electron chi connectivity index (χ2n) is 6.31. The standard InChI is InChI=1S/C19H19N5O4S2/c1-13-6-9-18(29-13)30(25,26)20-10-11-28-17-8-7-16-21-22-19(24(16)23-17)14-4-3-5-15(12-14)27-2/h3-9,12,20H,10-11H2,1-2H3. The van der Waals surface area contributed by atoms with Gasteiger partial charge in [-0.1, -0.05) is 12.1 Å². The maximum Gasteiger partial charge on any atom is 0.250 e. The molecule has 0 amide bonds. The zero-order chi connectivity index (χ0) is 21.1. The van der Waals surface area contributed by atoms with E-state index in [2.05, 4.69) is 20.0 Å². The molecule has 0 saturated carbocycles. The number of ether oxygens (including phenoxy) is 2. The monoisotopic (exact) mass is 445 g/mol. The normalized spacial score (nSPS) is 11.7. The van der Waals surface area contributed by atoms with Crippen molar-refractivity contribution in [1.82, 2.24) is 24.5 Å². The summed E-state index contributed by atoms with van der Waals surface area (Å²) >= 11 is 1.22. The number of methoxy groups -OCH3 is 1. The van der Waals surface area contributed by atoms with Gasteiger partial charge in [0.25, 0.3) is 0 Å². The summed E-state index contributed by atoms with van der Waals surface area (Å²) in [6, 6.07) is 14.2. The Morgan fingerprint density at radius 1 is 1.13 bits per heavy atom. The Balaban J connectivity index is 1.45. The second-order valence-corrected chi connectivity index (χ2v) is 9.59. The number of fused-ring (bicyclic) bond motifs is 1. The van der Waals surface area contributed by atoms with E-state index >= 15 is 0 Å². The van der Waals surface area contributed by atoms with E-state index in [1.807, 2.05) is 31.2 Å². The first kappa shape index (κ1) is 20.3. The van der Waals surface area contributed by atoms with E-state index in [-0.39, 0.29) is 17.4 Å². The number of rotatable bonds is 8. The van der Waals surface area contributed by atoms with Crippen molar-refractivity contribution in [2.24, 2.45) is 0 Å². The number of sulfonamides is 1. The molecule has 3 heterocycles. The Labute approximate surface area is 177 Å². The third-order valence-corrected chi connectivity index (χ3v) is 7.14. The van der Waals surface area contributed by atoms with Crippen molar-refractivity contribution in [2.45, 2.75) is 11.1 Å². The van der Waals surface area contributed by atoms with Crippen LogP contribution in [0.4, 0.5) is 0 Å². The lowest BCUT2D eigenvalue weighted by atomic mass is 10.2. The van der Waals surface area contributed by atoms with E-state index in [9.17, 15) is 8.42 Å².